The van der Waals surface area contributed by atoms with Gasteiger partial charge in [0, 0.05) is 6.54 Å². The van der Waals surface area contributed by atoms with Gasteiger partial charge >= 0.3 is 5.97 Å². The largest absolute Gasteiger partial charge is 0.468 e. The Balaban J connectivity index is 4.33. The lowest BCUT2D eigenvalue weighted by atomic mass is 10.0. The minimum Gasteiger partial charge on any atom is -0.468 e. The summed E-state index contributed by atoms with van der Waals surface area (Å²) in [5.41, 5.74) is 5.09. The molecule has 0 amide bonds. The number of hydrogen-bond donors (Lipinski definition) is 1. The molecule has 1 unspecified atom stereocenters. The fourth-order valence-corrected chi connectivity index (χ4v) is 1.80. The van der Waals surface area contributed by atoms with Crippen LogP contribution in [-0.2, 0) is 9.53 Å². The molecule has 0 saturated heterocycles. The van der Waals surface area contributed by atoms with E-state index in [0.29, 0.717) is 6.54 Å². The lowest BCUT2D eigenvalue weighted by molar-refractivity contribution is -0.147. The number of nitrogens with two attached hydrogens (primary N) is 1. The summed E-state index contributed by atoms with van der Waals surface area (Å²) in [6.07, 6.45) is 4.59. The molecule has 0 aromatic heterocycles. The minimum absolute atomic E-state index is 0.338. The Morgan fingerprint density at radius 3 is 2.06 bits per heavy atom. The Morgan fingerprint density at radius 1 is 1.24 bits per heavy atom. The molecule has 0 aromatic rings. The summed E-state index contributed by atoms with van der Waals surface area (Å²) < 4.78 is 4.73. The Hall–Kier alpha value is -0.610. The van der Waals surface area contributed by atoms with Gasteiger partial charge in [0.15, 0.2) is 0 Å². The van der Waals surface area contributed by atoms with Crippen molar-refractivity contribution in [3.63, 3.8) is 0 Å². The first-order chi connectivity index (χ1) is 7.97. The summed E-state index contributed by atoms with van der Waals surface area (Å²) in [7, 11) is 1.38. The molecule has 0 heterocycles. The quantitative estimate of drug-likeness (QED) is 0.628. The van der Waals surface area contributed by atoms with E-state index in [4.69, 9.17) is 10.5 Å². The fourth-order valence-electron chi connectivity index (χ4n) is 1.80. The molecular weight excluding hydrogens is 216 g/mol. The number of methoxy groups -OCH3 is 1. The van der Waals surface area contributed by atoms with Crippen LogP contribution in [0.25, 0.3) is 0 Å². The number of nitrogens with zero attached hydrogens (tertiary/aromatic N) is 1. The summed E-state index contributed by atoms with van der Waals surface area (Å²) in [6, 6.07) is 0. The van der Waals surface area contributed by atoms with Gasteiger partial charge in [0.1, 0.15) is 5.54 Å². The van der Waals surface area contributed by atoms with Crippen molar-refractivity contribution in [1.82, 2.24) is 4.90 Å². The Labute approximate surface area is 105 Å². The Morgan fingerprint density at radius 2 is 1.71 bits per heavy atom. The zero-order valence-corrected chi connectivity index (χ0v) is 11.8. The third-order valence-electron chi connectivity index (χ3n) is 2.86. The first-order valence-electron chi connectivity index (χ1n) is 6.57. The topological polar surface area (TPSA) is 55.6 Å². The van der Waals surface area contributed by atoms with Crippen LogP contribution in [0.1, 0.15) is 46.5 Å². The van der Waals surface area contributed by atoms with Crippen molar-refractivity contribution in [2.45, 2.75) is 52.0 Å². The average Bonchev–Trinajstić information content (AvgIpc) is 2.31. The zero-order chi connectivity index (χ0) is 13.3. The summed E-state index contributed by atoms with van der Waals surface area (Å²) in [4.78, 5) is 13.8. The second-order valence-corrected chi connectivity index (χ2v) is 4.89. The highest BCUT2D eigenvalue weighted by molar-refractivity contribution is 5.80. The number of carbonyl (C=O) groups excluding carboxylic acids is 1. The van der Waals surface area contributed by atoms with Gasteiger partial charge in [-0.15, -0.1) is 0 Å². The van der Waals surface area contributed by atoms with E-state index in [1.54, 1.807) is 6.92 Å². The third kappa shape index (κ3) is 6.64. The van der Waals surface area contributed by atoms with Crippen molar-refractivity contribution >= 4 is 5.97 Å². The van der Waals surface area contributed by atoms with Crippen molar-refractivity contribution < 1.29 is 9.53 Å². The first kappa shape index (κ1) is 16.4. The van der Waals surface area contributed by atoms with Crippen molar-refractivity contribution in [1.29, 1.82) is 0 Å². The number of carbonyl (C=O) groups is 1. The number of rotatable bonds is 9. The summed E-state index contributed by atoms with van der Waals surface area (Å²) in [5.74, 6) is -0.338. The maximum atomic E-state index is 11.5. The van der Waals surface area contributed by atoms with Gasteiger partial charge < -0.3 is 15.4 Å². The van der Waals surface area contributed by atoms with Crippen LogP contribution in [0.15, 0.2) is 0 Å². The van der Waals surface area contributed by atoms with Crippen LogP contribution in [0.3, 0.4) is 0 Å². The van der Waals surface area contributed by atoms with Crippen molar-refractivity contribution in [2.24, 2.45) is 5.73 Å². The first-order valence-corrected chi connectivity index (χ1v) is 6.57. The van der Waals surface area contributed by atoms with Crippen molar-refractivity contribution in [3.05, 3.63) is 0 Å². The highest BCUT2D eigenvalue weighted by Crippen LogP contribution is 2.08. The van der Waals surface area contributed by atoms with E-state index in [1.165, 1.54) is 7.11 Å². The maximum absolute atomic E-state index is 11.5. The second kappa shape index (κ2) is 8.48. The molecule has 0 fully saturated rings. The highest BCUT2D eigenvalue weighted by atomic mass is 16.5. The molecule has 0 aliphatic carbocycles. The molecule has 0 saturated carbocycles. The smallest absolute Gasteiger partial charge is 0.326 e. The molecule has 0 spiro atoms. The van der Waals surface area contributed by atoms with Gasteiger partial charge in [-0.1, -0.05) is 26.7 Å². The van der Waals surface area contributed by atoms with Gasteiger partial charge in [-0.3, -0.25) is 4.79 Å². The van der Waals surface area contributed by atoms with E-state index >= 15 is 0 Å². The van der Waals surface area contributed by atoms with Gasteiger partial charge in [0.25, 0.3) is 0 Å². The lowest BCUT2D eigenvalue weighted by Crippen LogP contribution is -2.54. The van der Waals surface area contributed by atoms with E-state index in [9.17, 15) is 4.79 Å². The Bertz CT molecular complexity index is 209. The van der Waals surface area contributed by atoms with Crippen molar-refractivity contribution in [3.8, 4) is 0 Å². The molecule has 4 heteroatoms. The summed E-state index contributed by atoms with van der Waals surface area (Å²) in [5, 5.41) is 0. The van der Waals surface area contributed by atoms with Gasteiger partial charge in [-0.2, -0.15) is 0 Å². The maximum Gasteiger partial charge on any atom is 0.326 e. The zero-order valence-electron chi connectivity index (χ0n) is 11.8. The molecule has 1 atom stereocenters. The molecule has 4 nitrogen and oxygen atoms in total. The molecule has 17 heavy (non-hydrogen) atoms. The van der Waals surface area contributed by atoms with E-state index in [2.05, 4.69) is 18.7 Å². The number of ether oxygens (including phenoxy) is 1. The highest BCUT2D eigenvalue weighted by Gasteiger charge is 2.31. The average molecular weight is 244 g/mol. The number of esters is 1. The van der Waals surface area contributed by atoms with Crippen molar-refractivity contribution in [2.75, 3.05) is 26.7 Å². The van der Waals surface area contributed by atoms with Crippen LogP contribution >= 0.6 is 0 Å². The molecule has 0 aliphatic heterocycles. The van der Waals surface area contributed by atoms with E-state index < -0.39 is 5.54 Å². The van der Waals surface area contributed by atoms with Crippen LogP contribution in [0.5, 0.6) is 0 Å². The van der Waals surface area contributed by atoms with Crippen LogP contribution in [0, 0.1) is 0 Å². The molecule has 2 N–H and O–H groups in total. The predicted molar refractivity (Wildman–Crippen MR) is 70.9 cm³/mol. The van der Waals surface area contributed by atoms with Crippen LogP contribution < -0.4 is 5.73 Å². The van der Waals surface area contributed by atoms with Crippen LogP contribution in [0.4, 0.5) is 0 Å². The molecule has 102 valence electrons. The molecule has 0 rings (SSSR count). The van der Waals surface area contributed by atoms with Gasteiger partial charge in [-0.25, -0.2) is 0 Å². The van der Waals surface area contributed by atoms with E-state index in [1.807, 2.05) is 0 Å². The minimum atomic E-state index is -0.907. The fraction of sp³-hybridized carbons (Fsp3) is 0.923. The van der Waals surface area contributed by atoms with Gasteiger partial charge in [0.05, 0.1) is 7.11 Å². The normalized spacial score (nSPS) is 14.7. The third-order valence-corrected chi connectivity index (χ3v) is 2.86. The molecule has 0 aromatic carbocycles. The molecular formula is C13H28N2O2. The summed E-state index contributed by atoms with van der Waals surface area (Å²) >= 11 is 0. The standard InChI is InChI=1S/C13H28N2O2/c1-5-7-9-15(10-8-6-2)11-13(3,14)12(16)17-4/h5-11,14H2,1-4H3. The second-order valence-electron chi connectivity index (χ2n) is 4.89. The monoisotopic (exact) mass is 244 g/mol. The van der Waals surface area contributed by atoms with Gasteiger partial charge in [0.2, 0.25) is 0 Å². The van der Waals surface area contributed by atoms with Gasteiger partial charge in [-0.05, 0) is 32.9 Å². The molecule has 0 bridgehead atoms. The van der Waals surface area contributed by atoms with E-state index in [0.717, 1.165) is 38.8 Å². The predicted octanol–water partition coefficient (Wildman–Crippen LogP) is 1.78. The number of hydrogen-bond acceptors (Lipinski definition) is 4. The lowest BCUT2D eigenvalue weighted by Gasteiger charge is -2.30. The molecule has 0 aliphatic rings. The number of unbranched alkanes of at least 4 members (excludes halogenated alkanes) is 2. The van der Waals surface area contributed by atoms with Crippen LogP contribution in [0.2, 0.25) is 0 Å². The SMILES string of the molecule is CCCCN(CCCC)CC(C)(N)C(=O)OC. The van der Waals surface area contributed by atoms with E-state index in [-0.39, 0.29) is 5.97 Å². The molecule has 0 radical (unpaired) electrons. The Kier molecular flexibility index (Phi) is 8.17. The van der Waals surface area contributed by atoms with Crippen LogP contribution in [-0.4, -0.2) is 43.2 Å². The summed E-state index contributed by atoms with van der Waals surface area (Å²) in [6.45, 7) is 8.64.